The van der Waals surface area contributed by atoms with E-state index in [4.69, 9.17) is 5.73 Å². The lowest BCUT2D eigenvalue weighted by atomic mass is 9.99. The average molecular weight is 189 g/mol. The Morgan fingerprint density at radius 1 is 1.43 bits per heavy atom. The molecule has 14 heavy (non-hydrogen) atoms. The number of benzene rings is 1. The van der Waals surface area contributed by atoms with Gasteiger partial charge in [-0.25, -0.2) is 0 Å². The standard InChI is InChI=1S/C12H15NO/c1-3-6-11(12(13)14)10-8-5-4-7-9(10)2/h4-8H,3H2,1-2H3,(H2,13,14). The highest BCUT2D eigenvalue weighted by atomic mass is 16.1. The lowest BCUT2D eigenvalue weighted by Gasteiger charge is -2.06. The second-order valence-corrected chi connectivity index (χ2v) is 3.21. The van der Waals surface area contributed by atoms with Crippen LogP contribution in [-0.4, -0.2) is 5.91 Å². The molecule has 0 atom stereocenters. The predicted molar refractivity (Wildman–Crippen MR) is 58.6 cm³/mol. The average Bonchev–Trinajstić information content (AvgIpc) is 2.15. The Bertz CT molecular complexity index is 366. The Morgan fingerprint density at radius 2 is 2.07 bits per heavy atom. The van der Waals surface area contributed by atoms with E-state index >= 15 is 0 Å². The Kier molecular flexibility index (Phi) is 3.46. The molecule has 0 heterocycles. The maximum absolute atomic E-state index is 11.2. The van der Waals surface area contributed by atoms with E-state index in [0.717, 1.165) is 17.5 Å². The molecule has 0 aliphatic heterocycles. The fraction of sp³-hybridized carbons (Fsp3) is 0.250. The highest BCUT2D eigenvalue weighted by Gasteiger charge is 2.08. The van der Waals surface area contributed by atoms with Gasteiger partial charge in [0.15, 0.2) is 0 Å². The number of hydrogen-bond acceptors (Lipinski definition) is 1. The monoisotopic (exact) mass is 189 g/mol. The first kappa shape index (κ1) is 10.5. The van der Waals surface area contributed by atoms with E-state index in [0.29, 0.717) is 5.57 Å². The van der Waals surface area contributed by atoms with E-state index in [9.17, 15) is 4.79 Å². The van der Waals surface area contributed by atoms with Crippen LogP contribution in [0.15, 0.2) is 30.3 Å². The molecule has 0 saturated heterocycles. The largest absolute Gasteiger partial charge is 0.366 e. The summed E-state index contributed by atoms with van der Waals surface area (Å²) in [6, 6.07) is 7.75. The van der Waals surface area contributed by atoms with Crippen LogP contribution < -0.4 is 5.73 Å². The van der Waals surface area contributed by atoms with Crippen molar-refractivity contribution < 1.29 is 4.79 Å². The third-order valence-corrected chi connectivity index (χ3v) is 2.11. The van der Waals surface area contributed by atoms with E-state index in [1.165, 1.54) is 0 Å². The maximum atomic E-state index is 11.2. The van der Waals surface area contributed by atoms with Gasteiger partial charge in [0.05, 0.1) is 0 Å². The van der Waals surface area contributed by atoms with E-state index in [2.05, 4.69) is 0 Å². The van der Waals surface area contributed by atoms with E-state index < -0.39 is 0 Å². The van der Waals surface area contributed by atoms with Gasteiger partial charge in [0, 0.05) is 5.57 Å². The summed E-state index contributed by atoms with van der Waals surface area (Å²) in [6.45, 7) is 3.96. The normalized spacial score (nSPS) is 11.4. The van der Waals surface area contributed by atoms with Crippen molar-refractivity contribution in [2.45, 2.75) is 20.3 Å². The molecule has 0 fully saturated rings. The molecule has 0 aliphatic rings. The third-order valence-electron chi connectivity index (χ3n) is 2.11. The Labute approximate surface area is 84.4 Å². The molecular formula is C12H15NO. The maximum Gasteiger partial charge on any atom is 0.248 e. The molecule has 0 bridgehead atoms. The van der Waals surface area contributed by atoms with Gasteiger partial charge in [-0.05, 0) is 24.5 Å². The van der Waals surface area contributed by atoms with Gasteiger partial charge >= 0.3 is 0 Å². The summed E-state index contributed by atoms with van der Waals surface area (Å²) in [5.74, 6) is -0.360. The topological polar surface area (TPSA) is 43.1 Å². The van der Waals surface area contributed by atoms with Crippen molar-refractivity contribution >= 4 is 11.5 Å². The number of primary amides is 1. The molecule has 0 unspecified atom stereocenters. The second kappa shape index (κ2) is 4.61. The lowest BCUT2D eigenvalue weighted by molar-refractivity contribution is -0.112. The van der Waals surface area contributed by atoms with Gasteiger partial charge in [0.1, 0.15) is 0 Å². The first-order valence-electron chi connectivity index (χ1n) is 4.72. The van der Waals surface area contributed by atoms with Crippen molar-refractivity contribution in [2.24, 2.45) is 5.73 Å². The Balaban J connectivity index is 3.19. The van der Waals surface area contributed by atoms with E-state index in [1.807, 2.05) is 44.2 Å². The smallest absolute Gasteiger partial charge is 0.248 e. The molecule has 1 amide bonds. The fourth-order valence-corrected chi connectivity index (χ4v) is 1.42. The van der Waals surface area contributed by atoms with Gasteiger partial charge in [-0.3, -0.25) is 4.79 Å². The summed E-state index contributed by atoms with van der Waals surface area (Å²) in [6.07, 6.45) is 2.68. The summed E-state index contributed by atoms with van der Waals surface area (Å²) in [5, 5.41) is 0. The Hall–Kier alpha value is -1.57. The number of aryl methyl sites for hydroxylation is 1. The van der Waals surface area contributed by atoms with Gasteiger partial charge in [-0.2, -0.15) is 0 Å². The van der Waals surface area contributed by atoms with Crippen molar-refractivity contribution in [3.8, 4) is 0 Å². The van der Waals surface area contributed by atoms with Crippen LogP contribution in [-0.2, 0) is 4.79 Å². The van der Waals surface area contributed by atoms with Crippen LogP contribution in [0.3, 0.4) is 0 Å². The number of hydrogen-bond donors (Lipinski definition) is 1. The molecular weight excluding hydrogens is 174 g/mol. The van der Waals surface area contributed by atoms with E-state index in [1.54, 1.807) is 0 Å². The van der Waals surface area contributed by atoms with Crippen molar-refractivity contribution in [3.63, 3.8) is 0 Å². The summed E-state index contributed by atoms with van der Waals surface area (Å²) >= 11 is 0. The van der Waals surface area contributed by atoms with E-state index in [-0.39, 0.29) is 5.91 Å². The Morgan fingerprint density at radius 3 is 2.57 bits per heavy atom. The van der Waals surface area contributed by atoms with Crippen LogP contribution >= 0.6 is 0 Å². The molecule has 2 heteroatoms. The number of rotatable bonds is 3. The minimum absolute atomic E-state index is 0.360. The number of nitrogens with two attached hydrogens (primary N) is 1. The zero-order valence-electron chi connectivity index (χ0n) is 8.58. The minimum atomic E-state index is -0.360. The summed E-state index contributed by atoms with van der Waals surface area (Å²) in [4.78, 5) is 11.2. The molecule has 0 radical (unpaired) electrons. The lowest BCUT2D eigenvalue weighted by Crippen LogP contribution is -2.13. The zero-order valence-corrected chi connectivity index (χ0v) is 8.58. The first-order chi connectivity index (χ1) is 6.66. The molecule has 1 aromatic carbocycles. The molecule has 2 N–H and O–H groups in total. The van der Waals surface area contributed by atoms with Gasteiger partial charge in [-0.1, -0.05) is 37.3 Å². The first-order valence-corrected chi connectivity index (χ1v) is 4.72. The molecule has 74 valence electrons. The quantitative estimate of drug-likeness (QED) is 0.728. The van der Waals surface area contributed by atoms with Gasteiger partial charge < -0.3 is 5.73 Å². The third kappa shape index (κ3) is 2.22. The van der Waals surface area contributed by atoms with Crippen molar-refractivity contribution in [3.05, 3.63) is 41.5 Å². The molecule has 1 rings (SSSR count). The highest BCUT2D eigenvalue weighted by Crippen LogP contribution is 2.18. The predicted octanol–water partition coefficient (Wildman–Crippen LogP) is 2.27. The van der Waals surface area contributed by atoms with Gasteiger partial charge in [0.2, 0.25) is 5.91 Å². The van der Waals surface area contributed by atoms with Crippen molar-refractivity contribution in [1.29, 1.82) is 0 Å². The minimum Gasteiger partial charge on any atom is -0.366 e. The molecule has 1 aromatic rings. The summed E-state index contributed by atoms with van der Waals surface area (Å²) in [7, 11) is 0. The van der Waals surface area contributed by atoms with Crippen LogP contribution in [0, 0.1) is 6.92 Å². The van der Waals surface area contributed by atoms with Crippen LogP contribution in [0.25, 0.3) is 5.57 Å². The number of carbonyl (C=O) groups excluding carboxylic acids is 1. The second-order valence-electron chi connectivity index (χ2n) is 3.21. The van der Waals surface area contributed by atoms with Crippen molar-refractivity contribution in [1.82, 2.24) is 0 Å². The fourth-order valence-electron chi connectivity index (χ4n) is 1.42. The number of amides is 1. The number of allylic oxidation sites excluding steroid dienone is 1. The van der Waals surface area contributed by atoms with Crippen LogP contribution in [0.5, 0.6) is 0 Å². The molecule has 0 aromatic heterocycles. The molecule has 2 nitrogen and oxygen atoms in total. The van der Waals surface area contributed by atoms with Crippen LogP contribution in [0.2, 0.25) is 0 Å². The molecule has 0 aliphatic carbocycles. The number of carbonyl (C=O) groups is 1. The summed E-state index contributed by atoms with van der Waals surface area (Å²) < 4.78 is 0. The van der Waals surface area contributed by atoms with Gasteiger partial charge in [0.25, 0.3) is 0 Å². The van der Waals surface area contributed by atoms with Gasteiger partial charge in [-0.15, -0.1) is 0 Å². The zero-order chi connectivity index (χ0) is 10.6. The highest BCUT2D eigenvalue weighted by molar-refractivity contribution is 6.19. The molecule has 0 spiro atoms. The van der Waals surface area contributed by atoms with Crippen LogP contribution in [0.4, 0.5) is 0 Å². The van der Waals surface area contributed by atoms with Crippen LogP contribution in [0.1, 0.15) is 24.5 Å². The molecule has 0 saturated carbocycles. The summed E-state index contributed by atoms with van der Waals surface area (Å²) in [5.41, 5.74) is 7.94. The SMILES string of the molecule is CCC=C(C(N)=O)c1ccccc1C. The van der Waals surface area contributed by atoms with Crippen molar-refractivity contribution in [2.75, 3.05) is 0 Å².